The van der Waals surface area contributed by atoms with Crippen LogP contribution in [-0.2, 0) is 6.54 Å². The van der Waals surface area contributed by atoms with Crippen LogP contribution in [0, 0.1) is 5.92 Å². The molecule has 1 aliphatic carbocycles. The number of nitrogens with one attached hydrogen (secondary N) is 1. The fraction of sp³-hybridized carbons (Fsp3) is 0.733. The SMILES string of the molecule is CCCC(CC)NCc1ccc(C2CC2C)o1. The van der Waals surface area contributed by atoms with Crippen LogP contribution < -0.4 is 5.32 Å². The minimum atomic E-state index is 0.633. The van der Waals surface area contributed by atoms with Crippen molar-refractivity contribution in [3.05, 3.63) is 23.7 Å². The number of hydrogen-bond donors (Lipinski definition) is 1. The fourth-order valence-corrected chi connectivity index (χ4v) is 2.45. The highest BCUT2D eigenvalue weighted by Gasteiger charge is 2.36. The molecule has 1 fully saturated rings. The maximum absolute atomic E-state index is 5.89. The third-order valence-corrected chi connectivity index (χ3v) is 3.85. The molecule has 0 spiro atoms. The quantitative estimate of drug-likeness (QED) is 0.770. The van der Waals surface area contributed by atoms with Gasteiger partial charge in [0.25, 0.3) is 0 Å². The molecule has 0 amide bonds. The molecule has 1 saturated carbocycles. The lowest BCUT2D eigenvalue weighted by atomic mass is 10.1. The maximum atomic E-state index is 5.89. The molecule has 1 aromatic heterocycles. The first-order valence-electron chi connectivity index (χ1n) is 7.06. The summed E-state index contributed by atoms with van der Waals surface area (Å²) in [5, 5.41) is 3.58. The van der Waals surface area contributed by atoms with Crippen LogP contribution in [0.1, 0.15) is 63.9 Å². The van der Waals surface area contributed by atoms with Gasteiger partial charge in [0.2, 0.25) is 0 Å². The Hall–Kier alpha value is -0.760. The number of rotatable bonds is 7. The zero-order valence-corrected chi connectivity index (χ0v) is 11.3. The van der Waals surface area contributed by atoms with Crippen molar-refractivity contribution in [2.45, 2.75) is 65.0 Å². The number of furan rings is 1. The molecule has 96 valence electrons. The van der Waals surface area contributed by atoms with Crippen molar-refractivity contribution in [3.8, 4) is 0 Å². The lowest BCUT2D eigenvalue weighted by Crippen LogP contribution is -2.27. The average molecular weight is 235 g/mol. The van der Waals surface area contributed by atoms with Crippen molar-refractivity contribution in [1.82, 2.24) is 5.32 Å². The standard InChI is InChI=1S/C15H25NO/c1-4-6-12(5-2)16-10-13-7-8-15(17-13)14-9-11(14)3/h7-8,11-12,14,16H,4-6,9-10H2,1-3H3. The van der Waals surface area contributed by atoms with Gasteiger partial charge in [0.15, 0.2) is 0 Å². The minimum absolute atomic E-state index is 0.633. The van der Waals surface area contributed by atoms with E-state index in [4.69, 9.17) is 4.42 Å². The van der Waals surface area contributed by atoms with Crippen LogP contribution in [0.15, 0.2) is 16.5 Å². The van der Waals surface area contributed by atoms with Gasteiger partial charge in [0, 0.05) is 12.0 Å². The van der Waals surface area contributed by atoms with Gasteiger partial charge in [0.1, 0.15) is 11.5 Å². The van der Waals surface area contributed by atoms with Crippen molar-refractivity contribution in [2.75, 3.05) is 0 Å². The molecule has 1 aromatic rings. The molecule has 0 aliphatic heterocycles. The summed E-state index contributed by atoms with van der Waals surface area (Å²) in [6, 6.07) is 4.92. The molecule has 17 heavy (non-hydrogen) atoms. The van der Waals surface area contributed by atoms with Gasteiger partial charge in [-0.25, -0.2) is 0 Å². The van der Waals surface area contributed by atoms with Crippen LogP contribution in [0.25, 0.3) is 0 Å². The van der Waals surface area contributed by atoms with Gasteiger partial charge in [0.05, 0.1) is 6.54 Å². The summed E-state index contributed by atoms with van der Waals surface area (Å²) in [6.45, 7) is 7.65. The molecular formula is C15H25NO. The third-order valence-electron chi connectivity index (χ3n) is 3.85. The highest BCUT2D eigenvalue weighted by molar-refractivity contribution is 5.17. The van der Waals surface area contributed by atoms with Crippen LogP contribution in [0.2, 0.25) is 0 Å². The Morgan fingerprint density at radius 3 is 2.76 bits per heavy atom. The smallest absolute Gasteiger partial charge is 0.117 e. The monoisotopic (exact) mass is 235 g/mol. The first-order valence-corrected chi connectivity index (χ1v) is 7.06. The van der Waals surface area contributed by atoms with E-state index in [1.165, 1.54) is 31.4 Å². The molecular weight excluding hydrogens is 210 g/mol. The Morgan fingerprint density at radius 2 is 2.18 bits per heavy atom. The second-order valence-corrected chi connectivity index (χ2v) is 5.40. The van der Waals surface area contributed by atoms with Gasteiger partial charge in [-0.1, -0.05) is 27.2 Å². The summed E-state index contributed by atoms with van der Waals surface area (Å²) in [7, 11) is 0. The van der Waals surface area contributed by atoms with Crippen molar-refractivity contribution < 1.29 is 4.42 Å². The Kier molecular flexibility index (Phi) is 4.27. The maximum Gasteiger partial charge on any atom is 0.117 e. The van der Waals surface area contributed by atoms with Gasteiger partial charge in [-0.3, -0.25) is 0 Å². The van der Waals surface area contributed by atoms with E-state index in [0.29, 0.717) is 12.0 Å². The number of hydrogen-bond acceptors (Lipinski definition) is 2. The Bertz CT molecular complexity index is 344. The minimum Gasteiger partial charge on any atom is -0.464 e. The van der Waals surface area contributed by atoms with Crippen LogP contribution >= 0.6 is 0 Å². The molecule has 1 N–H and O–H groups in total. The summed E-state index contributed by atoms with van der Waals surface area (Å²) in [6.07, 6.45) is 4.99. The predicted molar refractivity (Wildman–Crippen MR) is 71.1 cm³/mol. The van der Waals surface area contributed by atoms with Crippen molar-refractivity contribution in [1.29, 1.82) is 0 Å². The predicted octanol–water partition coefficient (Wildman–Crippen LogP) is 4.07. The van der Waals surface area contributed by atoms with Crippen LogP contribution in [0.3, 0.4) is 0 Å². The molecule has 2 rings (SSSR count). The van der Waals surface area contributed by atoms with Crippen LogP contribution in [-0.4, -0.2) is 6.04 Å². The Balaban J connectivity index is 1.80. The summed E-state index contributed by atoms with van der Waals surface area (Å²) in [5.41, 5.74) is 0. The van der Waals surface area contributed by atoms with Crippen molar-refractivity contribution in [2.24, 2.45) is 5.92 Å². The van der Waals surface area contributed by atoms with Crippen molar-refractivity contribution >= 4 is 0 Å². The molecule has 2 nitrogen and oxygen atoms in total. The lowest BCUT2D eigenvalue weighted by Gasteiger charge is -2.14. The molecule has 2 heteroatoms. The molecule has 3 atom stereocenters. The zero-order valence-electron chi connectivity index (χ0n) is 11.3. The molecule has 0 bridgehead atoms. The second kappa shape index (κ2) is 5.72. The molecule has 3 unspecified atom stereocenters. The average Bonchev–Trinajstić information content (AvgIpc) is 2.89. The van der Waals surface area contributed by atoms with E-state index in [1.807, 2.05) is 0 Å². The summed E-state index contributed by atoms with van der Waals surface area (Å²) < 4.78 is 5.89. The summed E-state index contributed by atoms with van der Waals surface area (Å²) in [5.74, 6) is 3.80. The third kappa shape index (κ3) is 3.35. The largest absolute Gasteiger partial charge is 0.464 e. The normalized spacial score (nSPS) is 24.9. The topological polar surface area (TPSA) is 25.2 Å². The van der Waals surface area contributed by atoms with E-state index in [2.05, 4.69) is 38.2 Å². The van der Waals surface area contributed by atoms with E-state index in [9.17, 15) is 0 Å². The van der Waals surface area contributed by atoms with Crippen molar-refractivity contribution in [3.63, 3.8) is 0 Å². The second-order valence-electron chi connectivity index (χ2n) is 5.40. The Labute approximate surface area is 105 Å². The van der Waals surface area contributed by atoms with E-state index in [-0.39, 0.29) is 0 Å². The summed E-state index contributed by atoms with van der Waals surface area (Å²) >= 11 is 0. The Morgan fingerprint density at radius 1 is 1.41 bits per heavy atom. The van der Waals surface area contributed by atoms with E-state index < -0.39 is 0 Å². The van der Waals surface area contributed by atoms with Gasteiger partial charge >= 0.3 is 0 Å². The highest BCUT2D eigenvalue weighted by atomic mass is 16.3. The van der Waals surface area contributed by atoms with Gasteiger partial charge < -0.3 is 9.73 Å². The molecule has 0 saturated heterocycles. The van der Waals surface area contributed by atoms with Crippen LogP contribution in [0.5, 0.6) is 0 Å². The lowest BCUT2D eigenvalue weighted by molar-refractivity contribution is 0.403. The first kappa shape index (κ1) is 12.7. The fourth-order valence-electron chi connectivity index (χ4n) is 2.45. The van der Waals surface area contributed by atoms with E-state index in [0.717, 1.165) is 18.2 Å². The molecule has 0 radical (unpaired) electrons. The molecule has 1 aliphatic rings. The van der Waals surface area contributed by atoms with Crippen LogP contribution in [0.4, 0.5) is 0 Å². The van der Waals surface area contributed by atoms with E-state index >= 15 is 0 Å². The zero-order chi connectivity index (χ0) is 12.3. The molecule has 0 aromatic carbocycles. The first-order chi connectivity index (χ1) is 8.24. The van der Waals surface area contributed by atoms with Gasteiger partial charge in [-0.15, -0.1) is 0 Å². The summed E-state index contributed by atoms with van der Waals surface area (Å²) in [4.78, 5) is 0. The van der Waals surface area contributed by atoms with Gasteiger partial charge in [-0.05, 0) is 37.3 Å². The highest BCUT2D eigenvalue weighted by Crippen LogP contribution is 2.47. The van der Waals surface area contributed by atoms with E-state index in [1.54, 1.807) is 0 Å². The molecule has 1 heterocycles. The van der Waals surface area contributed by atoms with Gasteiger partial charge in [-0.2, -0.15) is 0 Å².